The predicted molar refractivity (Wildman–Crippen MR) is 384 cm³/mol. The summed E-state index contributed by atoms with van der Waals surface area (Å²) < 4.78 is 44.2. The van der Waals surface area contributed by atoms with Crippen molar-refractivity contribution in [2.24, 2.45) is 28.6 Å². The van der Waals surface area contributed by atoms with E-state index in [2.05, 4.69) is 45.6 Å². The Bertz CT molecular complexity index is 2840. The number of hydrogen-bond donors (Lipinski definition) is 1. The Morgan fingerprint density at radius 3 is 1.67 bits per heavy atom. The standard InChI is InChI=1S/C83H131NO13/c1-13-15-17-19-21-23-25-27-29-31-33-35-37-39-69(85)92-57-64(58-93-70(86)40-38-36-34-32-30-28-26-24-22-20-18-16-14-2)94-71(87)51-60(4)52-72(88)96-66-50-59(3)49-61(5)74(66)79(9,10)55-73(89)95-65-44-43-63-53-68-81-45-46-83(91-12,67(54-81)80(11,90)78(6,7)8)77-82(81,75(63)76(65)97-77)47-48-84(68)56-62-41-42-62/h43-44,49-50,60,62,64,67-68,77,90H,13-42,45-48,51-58H2,1-12H3/t60?,67-,68?,77-,80+,81-,82+,83+/m1/s1. The summed E-state index contributed by atoms with van der Waals surface area (Å²) in [7, 11) is 1.80. The summed E-state index contributed by atoms with van der Waals surface area (Å²) in [6.07, 6.45) is 37.0. The minimum Gasteiger partial charge on any atom is -0.482 e. The maximum absolute atomic E-state index is 14.7. The molecule has 0 aromatic heterocycles. The third-order valence-electron chi connectivity index (χ3n) is 24.2. The largest absolute Gasteiger partial charge is 0.482 e. The van der Waals surface area contributed by atoms with Crippen LogP contribution in [0.2, 0.25) is 0 Å². The molecular weight excluding hydrogens is 1220 g/mol. The van der Waals surface area contributed by atoms with Crippen LogP contribution in [0.4, 0.5) is 0 Å². The second kappa shape index (κ2) is 35.9. The average molecular weight is 1350 g/mol. The normalized spacial score (nSPS) is 23.3. The molecule has 1 saturated heterocycles. The summed E-state index contributed by atoms with van der Waals surface area (Å²) in [5, 5.41) is 12.8. The Balaban J connectivity index is 0.856. The fourth-order valence-electron chi connectivity index (χ4n) is 18.4. The zero-order valence-electron chi connectivity index (χ0n) is 62.8. The third kappa shape index (κ3) is 19.6. The van der Waals surface area contributed by atoms with E-state index in [1.165, 1.54) is 140 Å². The molecule has 2 heterocycles. The van der Waals surface area contributed by atoms with Gasteiger partial charge in [-0.25, -0.2) is 0 Å². The molecule has 0 radical (unpaired) electrons. The van der Waals surface area contributed by atoms with Crippen molar-refractivity contribution in [2.75, 3.05) is 33.4 Å². The first-order valence-corrected chi connectivity index (χ1v) is 39.2. The molecule has 7 aliphatic rings. The number of unbranched alkanes of at least 4 members (excludes halogenated alkanes) is 24. The smallest absolute Gasteiger partial charge is 0.312 e. The lowest BCUT2D eigenvalue weighted by molar-refractivity contribution is -0.312. The number of esters is 5. The molecule has 2 aliphatic heterocycles. The van der Waals surface area contributed by atoms with Crippen molar-refractivity contribution in [1.82, 2.24) is 4.90 Å². The Morgan fingerprint density at radius 1 is 0.639 bits per heavy atom. The molecule has 5 aliphatic carbocycles. The number of piperidine rings is 1. The third-order valence-corrected chi connectivity index (χ3v) is 24.2. The van der Waals surface area contributed by atoms with E-state index in [-0.39, 0.29) is 80.1 Å². The molecule has 2 spiro atoms. The number of carbonyl (C=O) groups is 5. The summed E-state index contributed by atoms with van der Waals surface area (Å²) in [5.41, 5.74) is 1.17. The van der Waals surface area contributed by atoms with E-state index in [0.29, 0.717) is 41.7 Å². The second-order valence-corrected chi connectivity index (χ2v) is 33.2. The minimum atomic E-state index is -1.07. The van der Waals surface area contributed by atoms with Crippen LogP contribution >= 0.6 is 0 Å². The molecule has 2 aromatic rings. The van der Waals surface area contributed by atoms with Gasteiger partial charge in [-0.2, -0.15) is 0 Å². The van der Waals surface area contributed by atoms with Crippen LogP contribution in [-0.2, 0) is 60.2 Å². The van der Waals surface area contributed by atoms with Crippen molar-refractivity contribution in [3.8, 4) is 17.2 Å². The number of fused-ring (bicyclic) bond motifs is 2. The van der Waals surface area contributed by atoms with Crippen molar-refractivity contribution in [3.63, 3.8) is 0 Å². The van der Waals surface area contributed by atoms with Crippen LogP contribution in [0.3, 0.4) is 0 Å². The summed E-state index contributed by atoms with van der Waals surface area (Å²) in [6, 6.07) is 8.23. The lowest BCUT2D eigenvalue weighted by Crippen LogP contribution is -2.83. The maximum atomic E-state index is 14.7. The van der Waals surface area contributed by atoms with Crippen LogP contribution in [0, 0.1) is 42.4 Å². The molecule has 14 nitrogen and oxygen atoms in total. The van der Waals surface area contributed by atoms with Gasteiger partial charge in [0.05, 0.1) is 12.0 Å². The topological polar surface area (TPSA) is 173 Å². The van der Waals surface area contributed by atoms with Gasteiger partial charge in [0.1, 0.15) is 30.7 Å². The van der Waals surface area contributed by atoms with Gasteiger partial charge in [-0.15, -0.1) is 0 Å². The van der Waals surface area contributed by atoms with Crippen LogP contribution in [-0.4, -0.2) is 103 Å². The number of aliphatic hydroxyl groups is 1. The van der Waals surface area contributed by atoms with Gasteiger partial charge < -0.3 is 38.3 Å². The number of nitrogens with zero attached hydrogens (tertiary/aromatic N) is 1. The zero-order chi connectivity index (χ0) is 70.0. The number of ether oxygens (including phenoxy) is 7. The Labute approximate surface area is 586 Å². The predicted octanol–water partition coefficient (Wildman–Crippen LogP) is 18.9. The Kier molecular flexibility index (Phi) is 28.9. The average Bonchev–Trinajstić information content (AvgIpc) is 1.59. The lowest BCUT2D eigenvalue weighted by Gasteiger charge is -2.75. The number of methoxy groups -OCH3 is 1. The number of benzene rings is 2. The molecule has 0 amide bonds. The van der Waals surface area contributed by atoms with Crippen LogP contribution in [0.15, 0.2) is 24.3 Å². The highest BCUT2D eigenvalue weighted by atomic mass is 16.6. The first-order valence-electron chi connectivity index (χ1n) is 39.2. The SMILES string of the molecule is CCCCCCCCCCCCCCCC(=O)OCC(COC(=O)CCCCCCCCCCCCCCC)OC(=O)CC(C)CC(=O)Oc1cc(C)cc(C)c1C(C)(C)CC(=O)Oc1ccc2c3c1O[C@H]1[C@]4(OC)CC[C@@]5(C[C@@H]4[C@](C)(O)C(C)(C)C)C(C2)N(CC2CC2)CC[C@]315. The van der Waals surface area contributed by atoms with Crippen LogP contribution < -0.4 is 14.2 Å². The minimum absolute atomic E-state index is 0.0415. The van der Waals surface area contributed by atoms with E-state index in [0.717, 1.165) is 101 Å². The molecule has 4 bridgehead atoms. The molecule has 4 saturated carbocycles. The molecule has 8 atom stereocenters. The monoisotopic (exact) mass is 1350 g/mol. The molecule has 97 heavy (non-hydrogen) atoms. The van der Waals surface area contributed by atoms with Crippen LogP contribution in [0.5, 0.6) is 17.2 Å². The van der Waals surface area contributed by atoms with E-state index in [1.807, 2.05) is 52.8 Å². The van der Waals surface area contributed by atoms with Gasteiger partial charge in [0, 0.05) is 78.7 Å². The van der Waals surface area contributed by atoms with Gasteiger partial charge in [0.15, 0.2) is 17.6 Å². The number of hydrogen-bond acceptors (Lipinski definition) is 14. The summed E-state index contributed by atoms with van der Waals surface area (Å²) in [4.78, 5) is 71.2. The van der Waals surface area contributed by atoms with E-state index in [1.54, 1.807) is 14.0 Å². The van der Waals surface area contributed by atoms with Gasteiger partial charge in [-0.1, -0.05) is 222 Å². The van der Waals surface area contributed by atoms with Gasteiger partial charge in [0.2, 0.25) is 0 Å². The summed E-state index contributed by atoms with van der Waals surface area (Å²) in [6.45, 7) is 24.1. The molecule has 14 heteroatoms. The molecule has 9 rings (SSSR count). The number of rotatable bonds is 46. The first-order chi connectivity index (χ1) is 46.4. The van der Waals surface area contributed by atoms with E-state index in [4.69, 9.17) is 33.2 Å². The van der Waals surface area contributed by atoms with Gasteiger partial charge in [-0.3, -0.25) is 28.9 Å². The highest BCUT2D eigenvalue weighted by molar-refractivity contribution is 5.79. The fraction of sp³-hybridized carbons (Fsp3) is 0.795. The highest BCUT2D eigenvalue weighted by Gasteiger charge is 2.82. The Morgan fingerprint density at radius 2 is 1.15 bits per heavy atom. The van der Waals surface area contributed by atoms with E-state index < -0.39 is 52.0 Å². The first kappa shape index (κ1) is 78.2. The number of aryl methyl sites for hydroxylation is 2. The van der Waals surface area contributed by atoms with Crippen molar-refractivity contribution >= 4 is 29.8 Å². The number of carbonyl (C=O) groups excluding carboxylic acids is 5. The summed E-state index contributed by atoms with van der Waals surface area (Å²) >= 11 is 0. The van der Waals surface area contributed by atoms with Gasteiger partial charge in [-0.05, 0) is 131 Å². The molecule has 2 aromatic carbocycles. The number of likely N-dealkylation sites (tertiary alicyclic amines) is 1. The fourth-order valence-corrected chi connectivity index (χ4v) is 18.4. The van der Waals surface area contributed by atoms with Crippen LogP contribution in [0.1, 0.15) is 328 Å². The molecule has 2 unspecified atom stereocenters. The quantitative estimate of drug-likeness (QED) is 0.0287. The molecule has 546 valence electrons. The highest BCUT2D eigenvalue weighted by Crippen LogP contribution is 2.78. The maximum Gasteiger partial charge on any atom is 0.312 e. The lowest BCUT2D eigenvalue weighted by atomic mass is 9.33. The molecular formula is C83H131NO13. The zero-order valence-corrected chi connectivity index (χ0v) is 62.8. The van der Waals surface area contributed by atoms with Crippen molar-refractivity contribution < 1.29 is 62.2 Å². The Hall–Kier alpha value is -4.53. The van der Waals surface area contributed by atoms with Crippen molar-refractivity contribution in [3.05, 3.63) is 52.1 Å². The van der Waals surface area contributed by atoms with Crippen molar-refractivity contribution in [2.45, 2.75) is 360 Å². The second-order valence-electron chi connectivity index (χ2n) is 33.2. The van der Waals surface area contributed by atoms with Crippen molar-refractivity contribution in [1.29, 1.82) is 0 Å². The van der Waals surface area contributed by atoms with E-state index >= 15 is 0 Å². The molecule has 5 fully saturated rings. The van der Waals surface area contributed by atoms with Gasteiger partial charge in [0.25, 0.3) is 0 Å². The van der Waals surface area contributed by atoms with Gasteiger partial charge >= 0.3 is 29.8 Å². The van der Waals surface area contributed by atoms with E-state index in [9.17, 15) is 29.1 Å². The molecule has 1 N–H and O–H groups in total. The van der Waals surface area contributed by atoms with Crippen LogP contribution in [0.25, 0.3) is 0 Å². The summed E-state index contributed by atoms with van der Waals surface area (Å²) in [5.74, 6) is -0.951.